The Labute approximate surface area is 180 Å². The van der Waals surface area contributed by atoms with Crippen molar-refractivity contribution in [2.75, 3.05) is 13.1 Å². The van der Waals surface area contributed by atoms with Crippen LogP contribution in [0.4, 0.5) is 0 Å². The third-order valence-corrected chi connectivity index (χ3v) is 6.18. The van der Waals surface area contributed by atoms with E-state index in [9.17, 15) is 0 Å². The van der Waals surface area contributed by atoms with E-state index in [1.54, 1.807) is 0 Å². The van der Waals surface area contributed by atoms with E-state index in [2.05, 4.69) is 63.4 Å². The van der Waals surface area contributed by atoms with Gasteiger partial charge in [-0.15, -0.1) is 0 Å². The van der Waals surface area contributed by atoms with Gasteiger partial charge in [0.25, 0.3) is 0 Å². The zero-order valence-corrected chi connectivity index (χ0v) is 17.2. The molecule has 0 aliphatic carbocycles. The number of piperidine rings is 1. The Bertz CT molecular complexity index is 1370. The van der Waals surface area contributed by atoms with Crippen molar-refractivity contribution in [3.63, 3.8) is 0 Å². The number of hydrogen-bond acceptors (Lipinski definition) is 4. The number of fused-ring (bicyclic) bond motifs is 2. The smallest absolute Gasteiger partial charge is 0.161 e. The van der Waals surface area contributed by atoms with Gasteiger partial charge in [-0.05, 0) is 66.5 Å². The molecule has 1 aliphatic rings. The number of imidazole rings is 1. The van der Waals surface area contributed by atoms with E-state index >= 15 is 0 Å². The second-order valence-corrected chi connectivity index (χ2v) is 8.13. The molecule has 5 nitrogen and oxygen atoms in total. The summed E-state index contributed by atoms with van der Waals surface area (Å²) in [5, 5.41) is 5.93. The van der Waals surface area contributed by atoms with Crippen molar-refractivity contribution < 1.29 is 0 Å². The summed E-state index contributed by atoms with van der Waals surface area (Å²) in [4.78, 5) is 14.5. The maximum absolute atomic E-state index is 5.02. The molecule has 0 saturated carbocycles. The fourth-order valence-electron chi connectivity index (χ4n) is 4.60. The molecule has 1 saturated heterocycles. The lowest BCUT2D eigenvalue weighted by atomic mass is 10.0. The van der Waals surface area contributed by atoms with Gasteiger partial charge in [0.15, 0.2) is 11.5 Å². The first-order valence-electron chi connectivity index (χ1n) is 10.9. The zero-order chi connectivity index (χ0) is 20.6. The second kappa shape index (κ2) is 7.60. The highest BCUT2D eigenvalue weighted by Crippen LogP contribution is 2.33. The SMILES string of the molecule is c1ccc(-c2nc3cc(-c4ccc5ccccc5c4)cnc3n2C2CCNCC2)nc1. The molecule has 5 aromatic rings. The first-order valence-corrected chi connectivity index (χ1v) is 10.9. The Kier molecular flexibility index (Phi) is 4.47. The molecular formula is C26H23N5. The molecule has 31 heavy (non-hydrogen) atoms. The van der Waals surface area contributed by atoms with Crippen molar-refractivity contribution >= 4 is 21.9 Å². The van der Waals surface area contributed by atoms with Crippen LogP contribution in [0, 0.1) is 0 Å². The normalized spacial score (nSPS) is 15.0. The van der Waals surface area contributed by atoms with Gasteiger partial charge in [0.1, 0.15) is 11.2 Å². The topological polar surface area (TPSA) is 55.6 Å². The number of pyridine rings is 2. The van der Waals surface area contributed by atoms with Crippen LogP contribution in [0.2, 0.25) is 0 Å². The van der Waals surface area contributed by atoms with Gasteiger partial charge in [-0.3, -0.25) is 4.98 Å². The Morgan fingerprint density at radius 2 is 1.65 bits per heavy atom. The van der Waals surface area contributed by atoms with Crippen molar-refractivity contribution in [2.24, 2.45) is 0 Å². The summed E-state index contributed by atoms with van der Waals surface area (Å²) < 4.78 is 2.31. The van der Waals surface area contributed by atoms with Crippen LogP contribution in [0.5, 0.6) is 0 Å². The van der Waals surface area contributed by atoms with Gasteiger partial charge in [-0.1, -0.05) is 42.5 Å². The van der Waals surface area contributed by atoms with Gasteiger partial charge in [0.2, 0.25) is 0 Å². The standard InChI is InChI=1S/C26H23N5/c1-2-6-19-15-20(9-8-18(19)5-1)21-16-24-25(29-17-21)31(22-10-13-27-14-11-22)26(30-24)23-7-3-4-12-28-23/h1-9,12,15-17,22,27H,10-11,13-14H2. The lowest BCUT2D eigenvalue weighted by Gasteiger charge is -2.25. The predicted molar refractivity (Wildman–Crippen MR) is 125 cm³/mol. The largest absolute Gasteiger partial charge is 0.317 e. The van der Waals surface area contributed by atoms with E-state index in [0.717, 1.165) is 59.7 Å². The summed E-state index contributed by atoms with van der Waals surface area (Å²) in [7, 11) is 0. The Morgan fingerprint density at radius 1 is 0.806 bits per heavy atom. The van der Waals surface area contributed by atoms with E-state index in [1.165, 1.54) is 10.8 Å². The predicted octanol–water partition coefficient (Wildman–Crippen LogP) is 5.24. The molecule has 1 aliphatic heterocycles. The van der Waals surface area contributed by atoms with Crippen LogP contribution in [0.15, 0.2) is 79.1 Å². The molecule has 0 amide bonds. The molecule has 6 rings (SSSR count). The van der Waals surface area contributed by atoms with Crippen molar-refractivity contribution in [2.45, 2.75) is 18.9 Å². The third-order valence-electron chi connectivity index (χ3n) is 6.18. The van der Waals surface area contributed by atoms with Crippen LogP contribution >= 0.6 is 0 Å². The van der Waals surface area contributed by atoms with E-state index < -0.39 is 0 Å². The highest BCUT2D eigenvalue weighted by atomic mass is 15.2. The number of benzene rings is 2. The lowest BCUT2D eigenvalue weighted by molar-refractivity contribution is 0.376. The molecular weight excluding hydrogens is 382 g/mol. The van der Waals surface area contributed by atoms with Crippen molar-refractivity contribution in [1.29, 1.82) is 0 Å². The fraction of sp³-hybridized carbons (Fsp3) is 0.192. The molecule has 0 spiro atoms. The van der Waals surface area contributed by atoms with Gasteiger partial charge >= 0.3 is 0 Å². The van der Waals surface area contributed by atoms with E-state index in [-0.39, 0.29) is 0 Å². The molecule has 5 heteroatoms. The summed E-state index contributed by atoms with van der Waals surface area (Å²) in [5.74, 6) is 0.908. The van der Waals surface area contributed by atoms with E-state index in [0.29, 0.717) is 6.04 Å². The maximum atomic E-state index is 5.02. The molecule has 1 fully saturated rings. The summed E-state index contributed by atoms with van der Waals surface area (Å²) in [6.45, 7) is 2.03. The highest BCUT2D eigenvalue weighted by molar-refractivity contribution is 5.89. The molecule has 0 bridgehead atoms. The Balaban J connectivity index is 1.51. The van der Waals surface area contributed by atoms with E-state index in [4.69, 9.17) is 9.97 Å². The molecule has 152 valence electrons. The molecule has 0 radical (unpaired) electrons. The third kappa shape index (κ3) is 3.27. The number of nitrogens with zero attached hydrogens (tertiary/aromatic N) is 4. The van der Waals surface area contributed by atoms with Crippen LogP contribution in [0.3, 0.4) is 0 Å². The van der Waals surface area contributed by atoms with Crippen LogP contribution in [0.1, 0.15) is 18.9 Å². The molecule has 0 unspecified atom stereocenters. The van der Waals surface area contributed by atoms with Crippen LogP contribution in [-0.2, 0) is 0 Å². The quantitative estimate of drug-likeness (QED) is 0.446. The van der Waals surface area contributed by atoms with Crippen molar-refractivity contribution in [1.82, 2.24) is 24.8 Å². The molecule has 4 heterocycles. The van der Waals surface area contributed by atoms with Crippen molar-refractivity contribution in [3.8, 4) is 22.6 Å². The molecule has 1 N–H and O–H groups in total. The van der Waals surface area contributed by atoms with Gasteiger partial charge in [-0.25, -0.2) is 9.97 Å². The van der Waals surface area contributed by atoms with Crippen LogP contribution in [0.25, 0.3) is 44.6 Å². The first-order chi connectivity index (χ1) is 15.4. The Morgan fingerprint density at radius 3 is 2.48 bits per heavy atom. The summed E-state index contributed by atoms with van der Waals surface area (Å²) in [5.41, 5.74) is 5.00. The first kappa shape index (κ1) is 18.2. The summed E-state index contributed by atoms with van der Waals surface area (Å²) >= 11 is 0. The van der Waals surface area contributed by atoms with Crippen LogP contribution in [-0.4, -0.2) is 32.6 Å². The molecule has 0 atom stereocenters. The maximum Gasteiger partial charge on any atom is 0.161 e. The molecule has 2 aromatic carbocycles. The highest BCUT2D eigenvalue weighted by Gasteiger charge is 2.23. The minimum atomic E-state index is 0.377. The number of aromatic nitrogens is 4. The number of hydrogen-bond donors (Lipinski definition) is 1. The van der Waals surface area contributed by atoms with Gasteiger partial charge < -0.3 is 9.88 Å². The summed E-state index contributed by atoms with van der Waals surface area (Å²) in [6.07, 6.45) is 5.95. The minimum Gasteiger partial charge on any atom is -0.317 e. The van der Waals surface area contributed by atoms with Crippen molar-refractivity contribution in [3.05, 3.63) is 79.1 Å². The monoisotopic (exact) mass is 405 g/mol. The number of rotatable bonds is 3. The lowest BCUT2D eigenvalue weighted by Crippen LogP contribution is -2.29. The van der Waals surface area contributed by atoms with E-state index in [1.807, 2.05) is 30.6 Å². The molecule has 3 aromatic heterocycles. The Hall–Kier alpha value is -3.57. The average Bonchev–Trinajstić information content (AvgIpc) is 3.23. The van der Waals surface area contributed by atoms with Gasteiger partial charge in [-0.2, -0.15) is 0 Å². The van der Waals surface area contributed by atoms with Gasteiger partial charge in [0, 0.05) is 24.0 Å². The van der Waals surface area contributed by atoms with Crippen LogP contribution < -0.4 is 5.32 Å². The second-order valence-electron chi connectivity index (χ2n) is 8.13. The van der Waals surface area contributed by atoms with Gasteiger partial charge in [0.05, 0.1) is 0 Å². The average molecular weight is 406 g/mol. The number of nitrogens with one attached hydrogen (secondary N) is 1. The minimum absolute atomic E-state index is 0.377. The summed E-state index contributed by atoms with van der Waals surface area (Å²) in [6, 6.07) is 23.5. The zero-order valence-electron chi connectivity index (χ0n) is 17.2. The fourth-order valence-corrected chi connectivity index (χ4v) is 4.60.